The molecule has 1 aliphatic rings. The van der Waals surface area contributed by atoms with Crippen LogP contribution in [0.3, 0.4) is 0 Å². The van der Waals surface area contributed by atoms with Gasteiger partial charge in [-0.05, 0) is 19.8 Å². The van der Waals surface area contributed by atoms with Gasteiger partial charge in [-0.2, -0.15) is 0 Å². The first-order chi connectivity index (χ1) is 9.57. The van der Waals surface area contributed by atoms with Crippen molar-refractivity contribution >= 4 is 5.82 Å². The van der Waals surface area contributed by atoms with Crippen LogP contribution in [0.25, 0.3) is 0 Å². The van der Waals surface area contributed by atoms with Gasteiger partial charge in [0, 0.05) is 24.1 Å². The first-order valence-electron chi connectivity index (χ1n) is 7.40. The monoisotopic (exact) mass is 279 g/mol. The Morgan fingerprint density at radius 3 is 2.80 bits per heavy atom. The first-order valence-corrected chi connectivity index (χ1v) is 7.40. The second kappa shape index (κ2) is 6.39. The normalized spacial score (nSPS) is 24.0. The Hall–Kier alpha value is -1.36. The van der Waals surface area contributed by atoms with Gasteiger partial charge in [-0.15, -0.1) is 0 Å². The predicted octanol–water partition coefficient (Wildman–Crippen LogP) is 2.88. The zero-order valence-electron chi connectivity index (χ0n) is 12.8. The zero-order chi connectivity index (χ0) is 14.6. The summed E-state index contributed by atoms with van der Waals surface area (Å²) in [6.07, 6.45) is 3.84. The largest absolute Gasteiger partial charge is 0.478 e. The highest BCUT2D eigenvalue weighted by atomic mass is 16.5. The Morgan fingerprint density at radius 2 is 2.15 bits per heavy atom. The lowest BCUT2D eigenvalue weighted by atomic mass is 9.64. The van der Waals surface area contributed by atoms with E-state index >= 15 is 0 Å². The van der Waals surface area contributed by atoms with E-state index in [9.17, 15) is 0 Å². The van der Waals surface area contributed by atoms with E-state index in [4.69, 9.17) is 9.47 Å². The first kappa shape index (κ1) is 15.0. The van der Waals surface area contributed by atoms with Gasteiger partial charge in [0.2, 0.25) is 5.88 Å². The van der Waals surface area contributed by atoms with Crippen molar-refractivity contribution in [1.29, 1.82) is 0 Å². The summed E-state index contributed by atoms with van der Waals surface area (Å²) in [6.45, 7) is 10.0. The molecule has 2 unspecified atom stereocenters. The summed E-state index contributed by atoms with van der Waals surface area (Å²) in [6, 6.07) is 2.23. The van der Waals surface area contributed by atoms with Crippen LogP contribution in [0, 0.1) is 5.41 Å². The third kappa shape index (κ3) is 3.20. The van der Waals surface area contributed by atoms with Gasteiger partial charge in [0.1, 0.15) is 12.1 Å². The van der Waals surface area contributed by atoms with Crippen molar-refractivity contribution in [2.24, 2.45) is 5.41 Å². The smallest absolute Gasteiger partial charge is 0.218 e. The number of ether oxygens (including phenoxy) is 2. The molecule has 0 aromatic carbocycles. The summed E-state index contributed by atoms with van der Waals surface area (Å²) >= 11 is 0. The molecular formula is C15H25N3O2. The molecule has 1 N–H and O–H groups in total. The van der Waals surface area contributed by atoms with Crippen LogP contribution in [0.1, 0.15) is 40.5 Å². The van der Waals surface area contributed by atoms with Crippen molar-refractivity contribution in [1.82, 2.24) is 9.97 Å². The van der Waals surface area contributed by atoms with Gasteiger partial charge in [0.05, 0.1) is 12.7 Å². The molecule has 1 heterocycles. The topological polar surface area (TPSA) is 56.3 Å². The average molecular weight is 279 g/mol. The molecule has 0 radical (unpaired) electrons. The van der Waals surface area contributed by atoms with E-state index in [0.29, 0.717) is 24.6 Å². The van der Waals surface area contributed by atoms with E-state index < -0.39 is 0 Å². The number of anilines is 1. The maximum absolute atomic E-state index is 5.74. The molecule has 1 aromatic heterocycles. The molecule has 2 atom stereocenters. The number of hydrogen-bond acceptors (Lipinski definition) is 5. The van der Waals surface area contributed by atoms with E-state index in [1.807, 2.05) is 13.0 Å². The van der Waals surface area contributed by atoms with Crippen LogP contribution < -0.4 is 10.1 Å². The lowest BCUT2D eigenvalue weighted by Crippen LogP contribution is -2.58. The number of aromatic nitrogens is 2. The summed E-state index contributed by atoms with van der Waals surface area (Å²) < 4.78 is 11.3. The molecule has 1 saturated carbocycles. The Morgan fingerprint density at radius 1 is 1.35 bits per heavy atom. The number of hydrogen-bond donors (Lipinski definition) is 1. The van der Waals surface area contributed by atoms with Crippen LogP contribution in [0.4, 0.5) is 5.82 Å². The lowest BCUT2D eigenvalue weighted by Gasteiger charge is -2.51. The summed E-state index contributed by atoms with van der Waals surface area (Å²) in [4.78, 5) is 8.37. The van der Waals surface area contributed by atoms with Crippen LogP contribution >= 0.6 is 0 Å². The highest BCUT2D eigenvalue weighted by molar-refractivity contribution is 5.40. The minimum atomic E-state index is 0.116. The third-order valence-electron chi connectivity index (χ3n) is 3.96. The number of nitrogens with one attached hydrogen (secondary N) is 1. The summed E-state index contributed by atoms with van der Waals surface area (Å²) in [7, 11) is 0. The van der Waals surface area contributed by atoms with Gasteiger partial charge in [-0.3, -0.25) is 0 Å². The minimum Gasteiger partial charge on any atom is -0.478 e. The van der Waals surface area contributed by atoms with Crippen molar-refractivity contribution in [3.63, 3.8) is 0 Å². The molecule has 5 nitrogen and oxygen atoms in total. The molecule has 0 saturated heterocycles. The van der Waals surface area contributed by atoms with Crippen molar-refractivity contribution < 1.29 is 9.47 Å². The molecule has 1 aromatic rings. The molecule has 20 heavy (non-hydrogen) atoms. The average Bonchev–Trinajstić information content (AvgIpc) is 2.44. The Balaban J connectivity index is 1.94. The van der Waals surface area contributed by atoms with Gasteiger partial charge in [0.25, 0.3) is 0 Å². The second-order valence-corrected chi connectivity index (χ2v) is 5.79. The molecule has 2 rings (SSSR count). The van der Waals surface area contributed by atoms with Crippen molar-refractivity contribution in [3.8, 4) is 5.88 Å². The number of rotatable bonds is 7. The van der Waals surface area contributed by atoms with E-state index in [1.54, 1.807) is 6.33 Å². The summed E-state index contributed by atoms with van der Waals surface area (Å²) in [5.74, 6) is 1.45. The van der Waals surface area contributed by atoms with Crippen molar-refractivity contribution in [2.75, 3.05) is 18.5 Å². The molecule has 0 bridgehead atoms. The van der Waals surface area contributed by atoms with Crippen LogP contribution in [0.5, 0.6) is 5.88 Å². The Kier molecular flexibility index (Phi) is 4.81. The molecule has 5 heteroatoms. The number of nitrogens with zero attached hydrogens (tertiary/aromatic N) is 2. The third-order valence-corrected chi connectivity index (χ3v) is 3.96. The second-order valence-electron chi connectivity index (χ2n) is 5.79. The molecule has 0 spiro atoms. The maximum atomic E-state index is 5.74. The van der Waals surface area contributed by atoms with Crippen molar-refractivity contribution in [2.45, 2.75) is 52.7 Å². The molecule has 0 amide bonds. The van der Waals surface area contributed by atoms with Crippen molar-refractivity contribution in [3.05, 3.63) is 12.4 Å². The highest BCUT2D eigenvalue weighted by Gasteiger charge is 2.49. The van der Waals surface area contributed by atoms with Gasteiger partial charge < -0.3 is 14.8 Å². The molecule has 0 aliphatic heterocycles. The molecule has 1 fully saturated rings. The fourth-order valence-electron chi connectivity index (χ4n) is 2.50. The van der Waals surface area contributed by atoms with Crippen LogP contribution in [-0.4, -0.2) is 35.3 Å². The van der Waals surface area contributed by atoms with Gasteiger partial charge in [0.15, 0.2) is 0 Å². The zero-order valence-corrected chi connectivity index (χ0v) is 12.8. The fourth-order valence-corrected chi connectivity index (χ4v) is 2.50. The SMILES string of the molecule is CCCOc1cc(NC2CC(OCC)C2(C)C)ncn1. The molecule has 112 valence electrons. The van der Waals surface area contributed by atoms with E-state index in [-0.39, 0.29) is 5.41 Å². The van der Waals surface area contributed by atoms with E-state index in [0.717, 1.165) is 25.3 Å². The lowest BCUT2D eigenvalue weighted by molar-refractivity contribution is -0.0976. The Bertz CT molecular complexity index is 437. The maximum Gasteiger partial charge on any atom is 0.218 e. The molecule has 1 aliphatic carbocycles. The van der Waals surface area contributed by atoms with Crippen LogP contribution in [-0.2, 0) is 4.74 Å². The van der Waals surface area contributed by atoms with Crippen LogP contribution in [0.2, 0.25) is 0 Å². The molecular weight excluding hydrogens is 254 g/mol. The quantitative estimate of drug-likeness (QED) is 0.831. The van der Waals surface area contributed by atoms with E-state index in [1.165, 1.54) is 0 Å². The summed E-state index contributed by atoms with van der Waals surface area (Å²) in [5, 5.41) is 3.46. The fraction of sp³-hybridized carbons (Fsp3) is 0.733. The summed E-state index contributed by atoms with van der Waals surface area (Å²) in [5.41, 5.74) is 0.116. The predicted molar refractivity (Wildman–Crippen MR) is 79.0 cm³/mol. The van der Waals surface area contributed by atoms with Crippen LogP contribution in [0.15, 0.2) is 12.4 Å². The Labute approximate surface area is 121 Å². The standard InChI is InChI=1S/C15H25N3O2/c1-5-7-20-14-9-13(16-10-17-14)18-11-8-12(19-6-2)15(11,3)4/h9-12H,5-8H2,1-4H3,(H,16,17,18). The van der Waals surface area contributed by atoms with Gasteiger partial charge >= 0.3 is 0 Å². The van der Waals surface area contributed by atoms with Gasteiger partial charge in [-0.1, -0.05) is 20.8 Å². The highest BCUT2D eigenvalue weighted by Crippen LogP contribution is 2.44. The van der Waals surface area contributed by atoms with E-state index in [2.05, 4.69) is 36.1 Å². The van der Waals surface area contributed by atoms with Gasteiger partial charge in [-0.25, -0.2) is 9.97 Å². The minimum absolute atomic E-state index is 0.116.